The number of nitrogens with one attached hydrogen (secondary N) is 1. The zero-order valence-electron chi connectivity index (χ0n) is 14.5. The van der Waals surface area contributed by atoms with Crippen LogP contribution in [-0.4, -0.2) is 43.3 Å². The Morgan fingerprint density at radius 1 is 1.43 bits per heavy atom. The predicted octanol–water partition coefficient (Wildman–Crippen LogP) is 2.25. The number of amides is 1. The fraction of sp³-hybridized carbons (Fsp3) is 0.647. The van der Waals surface area contributed by atoms with E-state index in [1.165, 1.54) is 13.3 Å². The van der Waals surface area contributed by atoms with Crippen molar-refractivity contribution in [2.75, 3.05) is 13.7 Å². The van der Waals surface area contributed by atoms with Crippen LogP contribution in [0.15, 0.2) is 24.3 Å². The summed E-state index contributed by atoms with van der Waals surface area (Å²) >= 11 is 0. The topological polar surface area (TPSA) is 102 Å². The number of carbonyl (C=O) groups is 2. The molecule has 0 aromatic heterocycles. The van der Waals surface area contributed by atoms with Gasteiger partial charge >= 0.3 is 5.97 Å². The smallest absolute Gasteiger partial charge is 0.320 e. The second kappa shape index (κ2) is 18.4. The molecule has 1 rings (SSSR count). The van der Waals surface area contributed by atoms with Gasteiger partial charge < -0.3 is 20.9 Å². The lowest BCUT2D eigenvalue weighted by atomic mass is 10.1. The van der Waals surface area contributed by atoms with Crippen LogP contribution in [0.3, 0.4) is 0 Å². The average molecular weight is 328 g/mol. The monoisotopic (exact) mass is 328 g/mol. The summed E-state index contributed by atoms with van der Waals surface area (Å²) in [5, 5.41) is 10.4. The van der Waals surface area contributed by atoms with Crippen LogP contribution in [0.5, 0.6) is 0 Å². The normalized spacial score (nSPS) is 20.1. The SMILES string of the molecule is CC(N)C(=O)O.CCCCNC=O.COC1/C=C/CC/C=C\C1. The van der Waals surface area contributed by atoms with E-state index in [4.69, 9.17) is 15.6 Å². The van der Waals surface area contributed by atoms with Gasteiger partial charge in [0.05, 0.1) is 6.10 Å². The quantitative estimate of drug-likeness (QED) is 0.394. The van der Waals surface area contributed by atoms with E-state index >= 15 is 0 Å². The molecule has 0 radical (unpaired) electrons. The van der Waals surface area contributed by atoms with Crippen LogP contribution in [0.2, 0.25) is 0 Å². The lowest BCUT2D eigenvalue weighted by molar-refractivity contribution is -0.138. The minimum Gasteiger partial charge on any atom is -0.480 e. The summed E-state index contributed by atoms with van der Waals surface area (Å²) in [6, 6.07) is -0.731. The van der Waals surface area contributed by atoms with E-state index in [-0.39, 0.29) is 0 Å². The van der Waals surface area contributed by atoms with Crippen molar-refractivity contribution in [3.8, 4) is 0 Å². The molecule has 0 spiro atoms. The van der Waals surface area contributed by atoms with Gasteiger partial charge in [-0.3, -0.25) is 9.59 Å². The second-order valence-electron chi connectivity index (χ2n) is 5.04. The molecular formula is C17H32N2O4. The number of carboxylic acids is 1. The molecule has 2 atom stereocenters. The Labute approximate surface area is 139 Å². The Balaban J connectivity index is 0. The molecule has 0 saturated heterocycles. The molecule has 1 aliphatic carbocycles. The van der Waals surface area contributed by atoms with Crippen molar-refractivity contribution >= 4 is 12.4 Å². The van der Waals surface area contributed by atoms with Gasteiger partial charge in [-0.1, -0.05) is 37.6 Å². The lowest BCUT2D eigenvalue weighted by Crippen LogP contribution is -2.25. The molecular weight excluding hydrogens is 296 g/mol. The third-order valence-corrected chi connectivity index (χ3v) is 2.84. The summed E-state index contributed by atoms with van der Waals surface area (Å²) in [7, 11) is 1.75. The number of unbranched alkanes of at least 4 members (excludes halogenated alkanes) is 1. The standard InChI is InChI=1S/C9H14O.C5H11NO.C3H7NO2/c1-10-9-7-5-3-2-4-6-8-9;1-2-3-4-6-5-7;1-2(4)3(5)6/h3,5-6,8-9H,2,4,7H2,1H3;5H,2-4H2,1H3,(H,6,7);2H,4H2,1H3,(H,5,6)/b5-3-,8-6+;;. The van der Waals surface area contributed by atoms with Gasteiger partial charge in [0.1, 0.15) is 6.04 Å². The van der Waals surface area contributed by atoms with E-state index in [0.29, 0.717) is 6.10 Å². The van der Waals surface area contributed by atoms with E-state index in [9.17, 15) is 9.59 Å². The average Bonchev–Trinajstić information content (AvgIpc) is 2.49. The van der Waals surface area contributed by atoms with Crippen molar-refractivity contribution < 1.29 is 19.4 Å². The van der Waals surface area contributed by atoms with Crippen molar-refractivity contribution in [1.82, 2.24) is 5.32 Å². The fourth-order valence-corrected chi connectivity index (χ4v) is 1.38. The molecule has 2 unspecified atom stereocenters. The van der Waals surface area contributed by atoms with Crippen LogP contribution in [0.4, 0.5) is 0 Å². The minimum absolute atomic E-state index is 0.302. The number of ether oxygens (including phenoxy) is 1. The van der Waals surface area contributed by atoms with Crippen molar-refractivity contribution in [3.05, 3.63) is 24.3 Å². The molecule has 0 saturated carbocycles. The summed E-state index contributed by atoms with van der Waals surface area (Å²) < 4.78 is 5.19. The minimum atomic E-state index is -0.963. The molecule has 1 amide bonds. The predicted molar refractivity (Wildman–Crippen MR) is 93.2 cm³/mol. The zero-order valence-corrected chi connectivity index (χ0v) is 14.5. The molecule has 134 valence electrons. The Bertz CT molecular complexity index is 341. The number of methoxy groups -OCH3 is 1. The Kier molecular flexibility index (Phi) is 18.9. The number of carbonyl (C=O) groups excluding carboxylic acids is 1. The summed E-state index contributed by atoms with van der Waals surface area (Å²) in [6.07, 6.45) is 15.3. The second-order valence-corrected chi connectivity index (χ2v) is 5.04. The van der Waals surface area contributed by atoms with Gasteiger partial charge in [0.15, 0.2) is 0 Å². The molecule has 0 aromatic carbocycles. The van der Waals surface area contributed by atoms with Crippen LogP contribution in [0.1, 0.15) is 46.0 Å². The number of carboxylic acid groups (broad SMARTS) is 1. The van der Waals surface area contributed by atoms with Crippen molar-refractivity contribution in [2.45, 2.75) is 58.1 Å². The fourth-order valence-electron chi connectivity index (χ4n) is 1.38. The van der Waals surface area contributed by atoms with E-state index in [1.807, 2.05) is 0 Å². The van der Waals surface area contributed by atoms with Crippen LogP contribution in [0.25, 0.3) is 0 Å². The van der Waals surface area contributed by atoms with E-state index < -0.39 is 12.0 Å². The van der Waals surface area contributed by atoms with Crippen molar-refractivity contribution in [3.63, 3.8) is 0 Å². The molecule has 0 heterocycles. The Morgan fingerprint density at radius 2 is 2.04 bits per heavy atom. The molecule has 0 aromatic rings. The Morgan fingerprint density at radius 3 is 2.52 bits per heavy atom. The highest BCUT2D eigenvalue weighted by molar-refractivity contribution is 5.72. The van der Waals surface area contributed by atoms with E-state index in [0.717, 1.165) is 38.6 Å². The van der Waals surface area contributed by atoms with Gasteiger partial charge in [0.25, 0.3) is 0 Å². The number of nitrogens with two attached hydrogens (primary N) is 1. The summed E-state index contributed by atoms with van der Waals surface area (Å²) in [5.74, 6) is -0.963. The molecule has 6 nitrogen and oxygen atoms in total. The third kappa shape index (κ3) is 20.3. The van der Waals surface area contributed by atoms with Crippen molar-refractivity contribution in [2.24, 2.45) is 5.73 Å². The van der Waals surface area contributed by atoms with Gasteiger partial charge in [0.2, 0.25) is 6.41 Å². The first-order valence-electron chi connectivity index (χ1n) is 7.99. The van der Waals surface area contributed by atoms with Crippen molar-refractivity contribution in [1.29, 1.82) is 0 Å². The maximum absolute atomic E-state index is 9.57. The number of hydrogen-bond acceptors (Lipinski definition) is 4. The third-order valence-electron chi connectivity index (χ3n) is 2.84. The largest absolute Gasteiger partial charge is 0.480 e. The Hall–Kier alpha value is -1.66. The van der Waals surface area contributed by atoms with Crippen LogP contribution < -0.4 is 11.1 Å². The highest BCUT2D eigenvalue weighted by atomic mass is 16.5. The molecule has 1 aliphatic rings. The first-order valence-corrected chi connectivity index (χ1v) is 7.99. The van der Waals surface area contributed by atoms with Gasteiger partial charge in [-0.25, -0.2) is 0 Å². The summed E-state index contributed by atoms with van der Waals surface area (Å²) in [6.45, 7) is 4.33. The van der Waals surface area contributed by atoms with E-state index in [2.05, 4.69) is 36.5 Å². The van der Waals surface area contributed by atoms with Crippen LogP contribution in [0, 0.1) is 0 Å². The molecule has 0 bridgehead atoms. The number of allylic oxidation sites excluding steroid dienone is 2. The van der Waals surface area contributed by atoms with Crippen LogP contribution >= 0.6 is 0 Å². The molecule has 4 N–H and O–H groups in total. The molecule has 0 fully saturated rings. The maximum atomic E-state index is 9.57. The highest BCUT2D eigenvalue weighted by Gasteiger charge is 2.00. The highest BCUT2D eigenvalue weighted by Crippen LogP contribution is 2.06. The summed E-state index contributed by atoms with van der Waals surface area (Å²) in [4.78, 5) is 19.1. The molecule has 0 aliphatic heterocycles. The van der Waals surface area contributed by atoms with Gasteiger partial charge in [-0.15, -0.1) is 0 Å². The maximum Gasteiger partial charge on any atom is 0.320 e. The van der Waals surface area contributed by atoms with Gasteiger partial charge in [0, 0.05) is 13.7 Å². The first-order chi connectivity index (χ1) is 11.0. The number of aliphatic carboxylic acids is 1. The van der Waals surface area contributed by atoms with Gasteiger partial charge in [-0.05, 0) is 32.6 Å². The number of hydrogen-bond donors (Lipinski definition) is 3. The first kappa shape index (κ1) is 23.6. The zero-order chi connectivity index (χ0) is 17.9. The molecule has 23 heavy (non-hydrogen) atoms. The molecule has 6 heteroatoms. The van der Waals surface area contributed by atoms with Crippen LogP contribution in [-0.2, 0) is 14.3 Å². The summed E-state index contributed by atoms with van der Waals surface area (Å²) in [5.41, 5.74) is 4.84. The number of rotatable bonds is 6. The van der Waals surface area contributed by atoms with E-state index in [1.54, 1.807) is 7.11 Å². The lowest BCUT2D eigenvalue weighted by Gasteiger charge is -2.08. The van der Waals surface area contributed by atoms with Gasteiger partial charge in [-0.2, -0.15) is 0 Å².